The van der Waals surface area contributed by atoms with Crippen molar-refractivity contribution >= 4 is 23.3 Å². The number of aromatic nitrogens is 2. The third kappa shape index (κ3) is 2.84. The van der Waals surface area contributed by atoms with Crippen LogP contribution in [0.5, 0.6) is 0 Å². The fourth-order valence-electron chi connectivity index (χ4n) is 3.06. The molecule has 0 radical (unpaired) electrons. The third-order valence-electron chi connectivity index (χ3n) is 4.18. The zero-order chi connectivity index (χ0) is 18.1. The van der Waals surface area contributed by atoms with Crippen LogP contribution >= 0.6 is 0 Å². The van der Waals surface area contributed by atoms with Gasteiger partial charge in [0.2, 0.25) is 0 Å². The predicted octanol–water partition coefficient (Wildman–Crippen LogP) is 2.67. The van der Waals surface area contributed by atoms with Gasteiger partial charge in [0.1, 0.15) is 11.5 Å². The maximum absolute atomic E-state index is 13.6. The lowest BCUT2D eigenvalue weighted by Gasteiger charge is -2.04. The maximum atomic E-state index is 13.6. The van der Waals surface area contributed by atoms with E-state index in [1.165, 1.54) is 12.1 Å². The topological polar surface area (TPSA) is 75.4 Å². The minimum atomic E-state index is -0.280. The van der Waals surface area contributed by atoms with Gasteiger partial charge in [-0.2, -0.15) is 5.10 Å². The van der Waals surface area contributed by atoms with Gasteiger partial charge in [0, 0.05) is 37.2 Å². The number of benzene rings is 2. The van der Waals surface area contributed by atoms with Crippen molar-refractivity contribution < 1.29 is 19.1 Å². The summed E-state index contributed by atoms with van der Waals surface area (Å²) in [5.74, 6) is -0.240. The van der Waals surface area contributed by atoms with Crippen molar-refractivity contribution in [1.29, 1.82) is 0 Å². The number of halogens is 1. The van der Waals surface area contributed by atoms with Crippen molar-refractivity contribution in [3.05, 3.63) is 53.3 Å². The quantitative estimate of drug-likeness (QED) is 0.691. The molecule has 1 aromatic heterocycles. The highest BCUT2D eigenvalue weighted by atomic mass is 19.1. The predicted molar refractivity (Wildman–Crippen MR) is 90.6 cm³/mol. The number of carbonyl (C=O) groups is 2. The molecule has 1 amide bonds. The standard InChI is InChI=1S/C17H14FN3O.CH2O2/c1-20-9-11-7-10(3-5-13(11)17(20)22)16-14-8-12(18)4-6-15(14)21(2)19-16;2-1-3/h3-8H,9H2,1-2H3;1H,(H,2,3). The summed E-state index contributed by atoms with van der Waals surface area (Å²) >= 11 is 0. The Labute approximate surface area is 143 Å². The van der Waals surface area contributed by atoms with E-state index in [-0.39, 0.29) is 18.2 Å². The lowest BCUT2D eigenvalue weighted by atomic mass is 10.0. The van der Waals surface area contributed by atoms with Crippen LogP contribution in [-0.4, -0.2) is 39.2 Å². The summed E-state index contributed by atoms with van der Waals surface area (Å²) in [4.78, 5) is 22.0. The number of carboxylic acid groups (broad SMARTS) is 1. The lowest BCUT2D eigenvalue weighted by Crippen LogP contribution is -2.17. The highest BCUT2D eigenvalue weighted by Crippen LogP contribution is 2.31. The number of hydrogen-bond acceptors (Lipinski definition) is 3. The van der Waals surface area contributed by atoms with Crippen LogP contribution in [0.4, 0.5) is 4.39 Å². The normalized spacial score (nSPS) is 12.8. The summed E-state index contributed by atoms with van der Waals surface area (Å²) in [6.45, 7) is 0.348. The van der Waals surface area contributed by atoms with Gasteiger partial charge in [0.25, 0.3) is 12.4 Å². The molecular weight excluding hydrogens is 325 g/mol. The van der Waals surface area contributed by atoms with Crippen LogP contribution < -0.4 is 0 Å². The Morgan fingerprint density at radius 2 is 1.92 bits per heavy atom. The van der Waals surface area contributed by atoms with E-state index in [9.17, 15) is 9.18 Å². The Morgan fingerprint density at radius 1 is 1.20 bits per heavy atom. The first-order valence-corrected chi connectivity index (χ1v) is 7.55. The second-order valence-corrected chi connectivity index (χ2v) is 5.77. The molecule has 1 N–H and O–H groups in total. The highest BCUT2D eigenvalue weighted by molar-refractivity contribution is 6.00. The smallest absolute Gasteiger partial charge is 0.290 e. The molecule has 2 heterocycles. The molecule has 6 nitrogen and oxygen atoms in total. The fraction of sp³-hybridized carbons (Fsp3) is 0.167. The summed E-state index contributed by atoms with van der Waals surface area (Å²) in [5.41, 5.74) is 4.24. The number of hydrogen-bond donors (Lipinski definition) is 1. The number of amides is 1. The Kier molecular flexibility index (Phi) is 4.22. The summed E-state index contributed by atoms with van der Waals surface area (Å²) in [6, 6.07) is 10.3. The first kappa shape index (κ1) is 16.6. The molecule has 0 fully saturated rings. The van der Waals surface area contributed by atoms with Gasteiger partial charge in [-0.3, -0.25) is 14.3 Å². The van der Waals surface area contributed by atoms with Gasteiger partial charge >= 0.3 is 0 Å². The van der Waals surface area contributed by atoms with Gasteiger partial charge in [-0.15, -0.1) is 0 Å². The molecule has 0 unspecified atom stereocenters. The third-order valence-corrected chi connectivity index (χ3v) is 4.18. The zero-order valence-corrected chi connectivity index (χ0v) is 13.7. The van der Waals surface area contributed by atoms with Crippen molar-refractivity contribution in [2.75, 3.05) is 7.05 Å². The number of rotatable bonds is 1. The van der Waals surface area contributed by atoms with Crippen molar-refractivity contribution in [1.82, 2.24) is 14.7 Å². The van der Waals surface area contributed by atoms with E-state index in [0.29, 0.717) is 6.54 Å². The molecule has 7 heteroatoms. The zero-order valence-electron chi connectivity index (χ0n) is 13.7. The molecule has 128 valence electrons. The molecule has 4 rings (SSSR count). The minimum Gasteiger partial charge on any atom is -0.483 e. The second kappa shape index (κ2) is 6.35. The average Bonchev–Trinajstić information content (AvgIpc) is 3.05. The molecule has 0 aliphatic carbocycles. The van der Waals surface area contributed by atoms with E-state index >= 15 is 0 Å². The van der Waals surface area contributed by atoms with Crippen LogP contribution in [0.3, 0.4) is 0 Å². The number of nitrogens with zero attached hydrogens (tertiary/aromatic N) is 3. The van der Waals surface area contributed by atoms with E-state index in [4.69, 9.17) is 9.90 Å². The van der Waals surface area contributed by atoms with Gasteiger partial charge in [0.05, 0.1) is 5.52 Å². The highest BCUT2D eigenvalue weighted by Gasteiger charge is 2.25. The molecule has 25 heavy (non-hydrogen) atoms. The van der Waals surface area contributed by atoms with Gasteiger partial charge in [-0.25, -0.2) is 4.39 Å². The molecule has 0 spiro atoms. The molecule has 0 saturated heterocycles. The van der Waals surface area contributed by atoms with Gasteiger partial charge in [-0.1, -0.05) is 6.07 Å². The van der Waals surface area contributed by atoms with Crippen LogP contribution in [0.25, 0.3) is 22.2 Å². The van der Waals surface area contributed by atoms with Gasteiger partial charge in [-0.05, 0) is 35.9 Å². The molecule has 3 aromatic rings. The van der Waals surface area contributed by atoms with E-state index < -0.39 is 0 Å². The van der Waals surface area contributed by atoms with E-state index in [0.717, 1.165) is 33.3 Å². The monoisotopic (exact) mass is 341 g/mol. The van der Waals surface area contributed by atoms with Crippen LogP contribution in [0.1, 0.15) is 15.9 Å². The number of fused-ring (bicyclic) bond motifs is 2. The molecule has 1 aliphatic heterocycles. The van der Waals surface area contributed by atoms with Crippen molar-refractivity contribution in [3.63, 3.8) is 0 Å². The van der Waals surface area contributed by atoms with E-state index in [1.54, 1.807) is 22.7 Å². The Bertz CT molecular complexity index is 981. The Hall–Kier alpha value is -3.22. The largest absolute Gasteiger partial charge is 0.483 e. The Morgan fingerprint density at radius 3 is 2.64 bits per heavy atom. The van der Waals surface area contributed by atoms with Crippen LogP contribution in [0.2, 0.25) is 0 Å². The van der Waals surface area contributed by atoms with Crippen LogP contribution in [-0.2, 0) is 18.4 Å². The van der Waals surface area contributed by atoms with E-state index in [2.05, 4.69) is 5.10 Å². The van der Waals surface area contributed by atoms with Gasteiger partial charge < -0.3 is 10.0 Å². The van der Waals surface area contributed by atoms with Crippen molar-refractivity contribution in [3.8, 4) is 11.3 Å². The lowest BCUT2D eigenvalue weighted by molar-refractivity contribution is -0.122. The molecule has 0 bridgehead atoms. The summed E-state index contributed by atoms with van der Waals surface area (Å²) < 4.78 is 15.3. The SMILES string of the molecule is CN1Cc2cc(-c3nn(C)c4ccc(F)cc34)ccc2C1=O.O=CO. The van der Waals surface area contributed by atoms with E-state index in [1.807, 2.05) is 25.2 Å². The number of carbonyl (C=O) groups excluding carboxylic acids is 1. The molecule has 1 aliphatic rings. The van der Waals surface area contributed by atoms with Crippen LogP contribution in [0.15, 0.2) is 36.4 Å². The molecule has 0 atom stereocenters. The summed E-state index contributed by atoms with van der Waals surface area (Å²) in [5, 5.41) is 12.2. The maximum Gasteiger partial charge on any atom is 0.290 e. The summed E-state index contributed by atoms with van der Waals surface area (Å²) in [7, 11) is 3.63. The second-order valence-electron chi connectivity index (χ2n) is 5.77. The van der Waals surface area contributed by atoms with Gasteiger partial charge in [0.15, 0.2) is 0 Å². The fourth-order valence-corrected chi connectivity index (χ4v) is 3.06. The number of aryl methyl sites for hydroxylation is 1. The summed E-state index contributed by atoms with van der Waals surface area (Å²) in [6.07, 6.45) is 0. The first-order chi connectivity index (χ1) is 12.0. The molecule has 2 aromatic carbocycles. The molecular formula is C18H16FN3O3. The first-order valence-electron chi connectivity index (χ1n) is 7.55. The molecule has 0 saturated carbocycles. The van der Waals surface area contributed by atoms with Crippen molar-refractivity contribution in [2.24, 2.45) is 7.05 Å². The average molecular weight is 341 g/mol. The van der Waals surface area contributed by atoms with Crippen LogP contribution in [0, 0.1) is 5.82 Å². The minimum absolute atomic E-state index is 0.0403. The van der Waals surface area contributed by atoms with Crippen molar-refractivity contribution in [2.45, 2.75) is 6.54 Å². The Balaban J connectivity index is 0.000000569.